The second-order valence-corrected chi connectivity index (χ2v) is 18.1. The number of aryl methyl sites for hydroxylation is 1. The van der Waals surface area contributed by atoms with Gasteiger partial charge in [-0.1, -0.05) is 128 Å². The van der Waals surface area contributed by atoms with Crippen LogP contribution in [-0.2, 0) is 20.1 Å². The second-order valence-electron chi connectivity index (χ2n) is 13.7. The SMILES string of the molecule is C[Si]1(C)c2ccccc2-c2ccc(-c3ccc(-c4ccc(-c5cc[c-]c(-c6ccccn6)c5)cc4)cc3)cc21.Cc1cccc(-c2[c-]cccc2)n1.[Ir]. The van der Waals surface area contributed by atoms with Crippen LogP contribution in [0, 0.1) is 19.1 Å². The van der Waals surface area contributed by atoms with E-state index in [1.54, 1.807) is 10.4 Å². The molecule has 2 aromatic heterocycles. The summed E-state index contributed by atoms with van der Waals surface area (Å²) in [5.41, 5.74) is 15.2. The molecule has 4 heteroatoms. The summed E-state index contributed by atoms with van der Waals surface area (Å²) in [4.78, 5) is 8.88. The first-order valence-electron chi connectivity index (χ1n) is 17.7. The second kappa shape index (κ2) is 15.6. The van der Waals surface area contributed by atoms with Crippen LogP contribution in [0.3, 0.4) is 0 Å². The molecule has 0 saturated heterocycles. The van der Waals surface area contributed by atoms with E-state index < -0.39 is 8.07 Å². The first-order valence-corrected chi connectivity index (χ1v) is 20.7. The van der Waals surface area contributed by atoms with Gasteiger partial charge in [0.05, 0.1) is 0 Å². The maximum absolute atomic E-state index is 4.47. The summed E-state index contributed by atoms with van der Waals surface area (Å²) in [5, 5.41) is 3.10. The molecule has 0 aliphatic carbocycles. The Morgan fingerprint density at radius 1 is 0.453 bits per heavy atom. The fraction of sp³-hybridized carbons (Fsp3) is 0.0612. The van der Waals surface area contributed by atoms with Crippen molar-refractivity contribution in [3.05, 3.63) is 194 Å². The third kappa shape index (κ3) is 7.54. The minimum absolute atomic E-state index is 0. The zero-order chi connectivity index (χ0) is 35.5. The first-order chi connectivity index (χ1) is 25.4. The van der Waals surface area contributed by atoms with Crippen molar-refractivity contribution >= 4 is 18.4 Å². The largest absolute Gasteiger partial charge is 0.305 e. The number of pyridine rings is 2. The van der Waals surface area contributed by atoms with Crippen LogP contribution >= 0.6 is 0 Å². The Morgan fingerprint density at radius 3 is 1.70 bits per heavy atom. The first kappa shape index (κ1) is 35.9. The normalized spacial score (nSPS) is 12.1. The fourth-order valence-corrected chi connectivity index (χ4v) is 10.3. The van der Waals surface area contributed by atoms with Gasteiger partial charge in [-0.25, -0.2) is 0 Å². The number of hydrogen-bond acceptors (Lipinski definition) is 2. The van der Waals surface area contributed by atoms with Crippen LogP contribution < -0.4 is 10.4 Å². The number of fused-ring (bicyclic) bond motifs is 3. The molecule has 9 rings (SSSR count). The topological polar surface area (TPSA) is 25.8 Å². The summed E-state index contributed by atoms with van der Waals surface area (Å²) in [7, 11) is -1.67. The molecule has 0 spiro atoms. The van der Waals surface area contributed by atoms with Gasteiger partial charge < -0.3 is 9.97 Å². The average Bonchev–Trinajstić information content (AvgIpc) is 3.44. The standard InChI is InChI=1S/C37H28NSi.C12H10N.Ir/c1-39(2)36-12-4-3-10-33(36)34-22-21-31(25-37(34)39)29-19-15-27(16-20-29)26-13-17-28(18-14-26)30-8-7-9-32(24-30)35-11-5-6-23-38-35;1-10-6-5-9-12(13-10)11-7-3-2-4-8-11;/h3-8,10-25H,1-2H3;2-7,9H,1H3;/q2*-1;. The van der Waals surface area contributed by atoms with Gasteiger partial charge in [0.25, 0.3) is 0 Å². The molecule has 0 fully saturated rings. The predicted molar refractivity (Wildman–Crippen MR) is 220 cm³/mol. The molecule has 0 unspecified atom stereocenters. The van der Waals surface area contributed by atoms with Gasteiger partial charge in [0.2, 0.25) is 0 Å². The van der Waals surface area contributed by atoms with Gasteiger partial charge in [0.15, 0.2) is 0 Å². The molecule has 53 heavy (non-hydrogen) atoms. The van der Waals surface area contributed by atoms with E-state index >= 15 is 0 Å². The van der Waals surface area contributed by atoms with Crippen molar-refractivity contribution in [2.45, 2.75) is 20.0 Å². The third-order valence-electron chi connectivity index (χ3n) is 9.97. The summed E-state index contributed by atoms with van der Waals surface area (Å²) >= 11 is 0. The number of benzene rings is 6. The molecule has 0 amide bonds. The van der Waals surface area contributed by atoms with Crippen molar-refractivity contribution in [1.82, 2.24) is 9.97 Å². The molecule has 0 bridgehead atoms. The minimum atomic E-state index is -1.67. The molecule has 3 heterocycles. The van der Waals surface area contributed by atoms with Gasteiger partial charge in [0.1, 0.15) is 8.07 Å². The number of nitrogens with zero attached hydrogens (tertiary/aromatic N) is 2. The van der Waals surface area contributed by atoms with Crippen molar-refractivity contribution in [3.63, 3.8) is 0 Å². The van der Waals surface area contributed by atoms with Gasteiger partial charge in [-0.05, 0) is 79.8 Å². The van der Waals surface area contributed by atoms with E-state index in [-0.39, 0.29) is 20.1 Å². The smallest absolute Gasteiger partial charge is 0.113 e. The van der Waals surface area contributed by atoms with Gasteiger partial charge in [-0.2, -0.15) is 0 Å². The molecule has 1 aliphatic rings. The molecule has 1 aliphatic heterocycles. The summed E-state index contributed by atoms with van der Waals surface area (Å²) in [6.07, 6.45) is 1.82. The fourth-order valence-electron chi connectivity index (χ4n) is 7.16. The third-order valence-corrected chi connectivity index (χ3v) is 13.5. The van der Waals surface area contributed by atoms with E-state index in [0.29, 0.717) is 0 Å². The zero-order valence-electron chi connectivity index (χ0n) is 30.0. The van der Waals surface area contributed by atoms with E-state index in [0.717, 1.165) is 28.2 Å². The van der Waals surface area contributed by atoms with Crippen molar-refractivity contribution in [3.8, 4) is 67.0 Å². The molecular weight excluding hydrogens is 837 g/mol. The Bertz CT molecular complexity index is 2480. The Kier molecular flexibility index (Phi) is 10.6. The summed E-state index contributed by atoms with van der Waals surface area (Å²) in [6.45, 7) is 6.94. The van der Waals surface area contributed by atoms with E-state index in [1.165, 1.54) is 44.5 Å². The van der Waals surface area contributed by atoms with Crippen molar-refractivity contribution in [2.24, 2.45) is 0 Å². The van der Waals surface area contributed by atoms with Crippen molar-refractivity contribution in [2.75, 3.05) is 0 Å². The van der Waals surface area contributed by atoms with E-state index in [9.17, 15) is 0 Å². The Hall–Kier alpha value is -5.51. The molecule has 0 saturated carbocycles. The van der Waals surface area contributed by atoms with Crippen LogP contribution in [0.15, 0.2) is 176 Å². The molecule has 1 radical (unpaired) electrons. The van der Waals surface area contributed by atoms with E-state index in [2.05, 4.69) is 138 Å². The molecule has 6 aromatic carbocycles. The maximum atomic E-state index is 4.47. The Labute approximate surface area is 327 Å². The Morgan fingerprint density at radius 2 is 1.04 bits per heavy atom. The van der Waals surface area contributed by atoms with Crippen LogP contribution in [0.5, 0.6) is 0 Å². The summed E-state index contributed by atoms with van der Waals surface area (Å²) < 4.78 is 0. The zero-order valence-corrected chi connectivity index (χ0v) is 33.4. The van der Waals surface area contributed by atoms with Crippen molar-refractivity contribution < 1.29 is 20.1 Å². The number of rotatable bonds is 5. The minimum Gasteiger partial charge on any atom is -0.305 e. The molecule has 0 N–H and O–H groups in total. The average molecular weight is 875 g/mol. The summed E-state index contributed by atoms with van der Waals surface area (Å²) in [6, 6.07) is 66.4. The van der Waals surface area contributed by atoms with Crippen molar-refractivity contribution in [1.29, 1.82) is 0 Å². The molecule has 2 nitrogen and oxygen atoms in total. The van der Waals surface area contributed by atoms with Gasteiger partial charge in [-0.3, -0.25) is 0 Å². The predicted octanol–water partition coefficient (Wildman–Crippen LogP) is 11.2. The van der Waals surface area contributed by atoms with E-state index in [1.807, 2.05) is 79.9 Å². The van der Waals surface area contributed by atoms with Crippen LogP contribution in [0.1, 0.15) is 5.69 Å². The van der Waals surface area contributed by atoms with Crippen LogP contribution in [0.25, 0.3) is 67.0 Å². The van der Waals surface area contributed by atoms with Gasteiger partial charge in [0, 0.05) is 32.0 Å². The quantitative estimate of drug-likeness (QED) is 0.127. The number of aromatic nitrogens is 2. The van der Waals surface area contributed by atoms with Gasteiger partial charge in [-0.15, -0.1) is 71.3 Å². The van der Waals surface area contributed by atoms with Crippen LogP contribution in [0.2, 0.25) is 13.1 Å². The van der Waals surface area contributed by atoms with Crippen LogP contribution in [0.4, 0.5) is 0 Å². The molecule has 8 aromatic rings. The monoisotopic (exact) mass is 875 g/mol. The van der Waals surface area contributed by atoms with Crippen LogP contribution in [-0.4, -0.2) is 18.0 Å². The molecular formula is C49H38IrN2Si-2. The maximum Gasteiger partial charge on any atom is 0.113 e. The van der Waals surface area contributed by atoms with Gasteiger partial charge >= 0.3 is 0 Å². The molecule has 259 valence electrons. The molecule has 0 atom stereocenters. The Balaban J connectivity index is 0.000000263. The number of hydrogen-bond donors (Lipinski definition) is 0. The van der Waals surface area contributed by atoms with E-state index in [4.69, 9.17) is 0 Å². The summed E-state index contributed by atoms with van der Waals surface area (Å²) in [5.74, 6) is 0.